The van der Waals surface area contributed by atoms with Crippen molar-refractivity contribution in [2.24, 2.45) is 0 Å². The molecule has 0 unspecified atom stereocenters. The predicted octanol–water partition coefficient (Wildman–Crippen LogP) is 4.76. The quantitative estimate of drug-likeness (QED) is 0.835. The first-order valence-electron chi connectivity index (χ1n) is 8.00. The van der Waals surface area contributed by atoms with E-state index in [1.807, 2.05) is 6.07 Å². The van der Waals surface area contributed by atoms with E-state index >= 15 is 0 Å². The molecule has 1 aromatic carbocycles. The molecule has 1 aromatic heterocycles. The number of methoxy groups -OCH3 is 1. The van der Waals surface area contributed by atoms with Crippen LogP contribution in [0.1, 0.15) is 37.1 Å². The topological polar surface area (TPSA) is 34.1 Å². The molecule has 0 aliphatic rings. The maximum absolute atomic E-state index is 5.30. The second-order valence-electron chi connectivity index (χ2n) is 5.59. The van der Waals surface area contributed by atoms with E-state index in [0.717, 1.165) is 42.2 Å². The van der Waals surface area contributed by atoms with Crippen molar-refractivity contribution in [1.29, 1.82) is 0 Å². The number of ether oxygens (including phenoxy) is 1. The average Bonchev–Trinajstić information content (AvgIpc) is 2.53. The second-order valence-corrected chi connectivity index (χ2v) is 5.59. The van der Waals surface area contributed by atoms with Crippen LogP contribution < -0.4 is 10.1 Å². The minimum absolute atomic E-state index is 0.886. The fraction of sp³-hybridized carbons (Fsp3) is 0.421. The Morgan fingerprint density at radius 2 is 1.91 bits per heavy atom. The monoisotopic (exact) mass is 298 g/mol. The van der Waals surface area contributed by atoms with Crippen LogP contribution >= 0.6 is 0 Å². The van der Waals surface area contributed by atoms with E-state index in [1.165, 1.54) is 16.7 Å². The molecule has 3 nitrogen and oxygen atoms in total. The smallest absolute Gasteiger partial charge is 0.119 e. The first kappa shape index (κ1) is 16.3. The Hall–Kier alpha value is -2.03. The number of pyridine rings is 1. The third-order valence-electron chi connectivity index (χ3n) is 3.93. The minimum Gasteiger partial charge on any atom is -0.497 e. The van der Waals surface area contributed by atoms with Crippen LogP contribution in [0.3, 0.4) is 0 Å². The molecule has 2 aromatic rings. The molecule has 2 rings (SSSR count). The number of hydrogen-bond acceptors (Lipinski definition) is 3. The fourth-order valence-electron chi connectivity index (χ4n) is 2.62. The number of anilines is 1. The van der Waals surface area contributed by atoms with E-state index in [0.29, 0.717) is 0 Å². The summed E-state index contributed by atoms with van der Waals surface area (Å²) in [7, 11) is 1.70. The van der Waals surface area contributed by atoms with E-state index in [1.54, 1.807) is 7.11 Å². The van der Waals surface area contributed by atoms with Crippen molar-refractivity contribution in [3.8, 4) is 17.0 Å². The van der Waals surface area contributed by atoms with Gasteiger partial charge in [0.15, 0.2) is 0 Å². The zero-order valence-electron chi connectivity index (χ0n) is 14.3. The van der Waals surface area contributed by atoms with E-state index in [9.17, 15) is 0 Å². The van der Waals surface area contributed by atoms with E-state index in [-0.39, 0.29) is 0 Å². The van der Waals surface area contributed by atoms with Gasteiger partial charge in [-0.25, -0.2) is 0 Å². The third kappa shape index (κ3) is 3.41. The van der Waals surface area contributed by atoms with Gasteiger partial charge in [0.05, 0.1) is 24.2 Å². The predicted molar refractivity (Wildman–Crippen MR) is 93.9 cm³/mol. The van der Waals surface area contributed by atoms with Gasteiger partial charge in [0.1, 0.15) is 5.75 Å². The van der Waals surface area contributed by atoms with Crippen molar-refractivity contribution < 1.29 is 4.74 Å². The van der Waals surface area contributed by atoms with Crippen LogP contribution in [0.15, 0.2) is 24.3 Å². The molecule has 1 N–H and O–H groups in total. The standard InChI is InChI=1S/C19H26N2O/c1-6-10-20-18-12-15(7-2)19(21-14(18)4)17-9-8-16(22-5)11-13(17)3/h8-9,11-12,20H,6-7,10H2,1-5H3. The zero-order chi connectivity index (χ0) is 16.1. The van der Waals surface area contributed by atoms with Crippen LogP contribution in [0.4, 0.5) is 5.69 Å². The van der Waals surface area contributed by atoms with Crippen LogP contribution in [-0.4, -0.2) is 18.6 Å². The lowest BCUT2D eigenvalue weighted by atomic mass is 9.98. The van der Waals surface area contributed by atoms with E-state index in [4.69, 9.17) is 9.72 Å². The van der Waals surface area contributed by atoms with Gasteiger partial charge in [0, 0.05) is 12.1 Å². The van der Waals surface area contributed by atoms with Crippen molar-refractivity contribution in [3.05, 3.63) is 41.1 Å². The zero-order valence-corrected chi connectivity index (χ0v) is 14.3. The van der Waals surface area contributed by atoms with Gasteiger partial charge >= 0.3 is 0 Å². The Labute approximate surface area is 133 Å². The number of nitrogens with one attached hydrogen (secondary N) is 1. The Balaban J connectivity index is 2.48. The Morgan fingerprint density at radius 3 is 2.50 bits per heavy atom. The Morgan fingerprint density at radius 1 is 1.14 bits per heavy atom. The summed E-state index contributed by atoms with van der Waals surface area (Å²) >= 11 is 0. The van der Waals surface area contributed by atoms with Gasteiger partial charge in [-0.2, -0.15) is 0 Å². The second kappa shape index (κ2) is 7.30. The summed E-state index contributed by atoms with van der Waals surface area (Å²) in [5.41, 5.74) is 6.93. The first-order valence-corrected chi connectivity index (χ1v) is 8.00. The molecule has 118 valence electrons. The van der Waals surface area contributed by atoms with Crippen molar-refractivity contribution in [2.75, 3.05) is 19.0 Å². The number of benzene rings is 1. The summed E-state index contributed by atoms with van der Waals surface area (Å²) in [6.07, 6.45) is 2.08. The molecule has 0 aliphatic heterocycles. The van der Waals surface area contributed by atoms with E-state index in [2.05, 4.69) is 51.2 Å². The highest BCUT2D eigenvalue weighted by molar-refractivity contribution is 5.70. The molecule has 0 amide bonds. The summed E-state index contributed by atoms with van der Waals surface area (Å²) in [6.45, 7) is 9.51. The van der Waals surface area contributed by atoms with Gasteiger partial charge < -0.3 is 10.1 Å². The van der Waals surface area contributed by atoms with E-state index < -0.39 is 0 Å². The van der Waals surface area contributed by atoms with Crippen LogP contribution in [0.2, 0.25) is 0 Å². The average molecular weight is 298 g/mol. The molecule has 0 saturated heterocycles. The van der Waals surface area contributed by atoms with Crippen molar-refractivity contribution in [2.45, 2.75) is 40.5 Å². The Kier molecular flexibility index (Phi) is 5.42. The highest BCUT2D eigenvalue weighted by atomic mass is 16.5. The van der Waals surface area contributed by atoms with Gasteiger partial charge in [-0.05, 0) is 62.1 Å². The van der Waals surface area contributed by atoms with Gasteiger partial charge in [0.25, 0.3) is 0 Å². The maximum atomic E-state index is 5.30. The lowest BCUT2D eigenvalue weighted by molar-refractivity contribution is 0.414. The lowest BCUT2D eigenvalue weighted by Crippen LogP contribution is -2.05. The molecule has 22 heavy (non-hydrogen) atoms. The van der Waals surface area contributed by atoms with Crippen molar-refractivity contribution in [3.63, 3.8) is 0 Å². The van der Waals surface area contributed by atoms with Gasteiger partial charge in [-0.15, -0.1) is 0 Å². The number of aromatic nitrogens is 1. The Bertz CT molecular complexity index is 650. The van der Waals surface area contributed by atoms with Gasteiger partial charge in [-0.3, -0.25) is 4.98 Å². The first-order chi connectivity index (χ1) is 10.6. The normalized spacial score (nSPS) is 10.6. The number of hydrogen-bond donors (Lipinski definition) is 1. The molecule has 0 atom stereocenters. The van der Waals surface area contributed by atoms with Crippen molar-refractivity contribution in [1.82, 2.24) is 4.98 Å². The molecule has 0 aliphatic carbocycles. The maximum Gasteiger partial charge on any atom is 0.119 e. The molecule has 0 saturated carbocycles. The SMILES string of the molecule is CCCNc1cc(CC)c(-c2ccc(OC)cc2C)nc1C. The van der Waals surface area contributed by atoms with Gasteiger partial charge in [0.2, 0.25) is 0 Å². The summed E-state index contributed by atoms with van der Waals surface area (Å²) in [6, 6.07) is 8.42. The van der Waals surface area contributed by atoms with Crippen LogP contribution in [0.5, 0.6) is 5.75 Å². The number of nitrogens with zero attached hydrogens (tertiary/aromatic N) is 1. The van der Waals surface area contributed by atoms with Crippen LogP contribution in [0.25, 0.3) is 11.3 Å². The van der Waals surface area contributed by atoms with Crippen molar-refractivity contribution >= 4 is 5.69 Å². The molecular weight excluding hydrogens is 272 g/mol. The van der Waals surface area contributed by atoms with Crippen LogP contribution in [0, 0.1) is 13.8 Å². The van der Waals surface area contributed by atoms with Gasteiger partial charge in [-0.1, -0.05) is 13.8 Å². The minimum atomic E-state index is 0.886. The molecule has 3 heteroatoms. The fourth-order valence-corrected chi connectivity index (χ4v) is 2.62. The largest absolute Gasteiger partial charge is 0.497 e. The molecular formula is C19H26N2O. The lowest BCUT2D eigenvalue weighted by Gasteiger charge is -2.16. The molecule has 1 heterocycles. The summed E-state index contributed by atoms with van der Waals surface area (Å²) in [5.74, 6) is 0.886. The highest BCUT2D eigenvalue weighted by Gasteiger charge is 2.12. The number of rotatable bonds is 6. The number of aryl methyl sites for hydroxylation is 3. The summed E-state index contributed by atoms with van der Waals surface area (Å²) in [5, 5.41) is 3.47. The molecule has 0 bridgehead atoms. The molecule has 0 radical (unpaired) electrons. The molecule has 0 spiro atoms. The summed E-state index contributed by atoms with van der Waals surface area (Å²) in [4.78, 5) is 4.88. The molecule has 0 fully saturated rings. The summed E-state index contributed by atoms with van der Waals surface area (Å²) < 4.78 is 5.30. The highest BCUT2D eigenvalue weighted by Crippen LogP contribution is 2.31. The third-order valence-corrected chi connectivity index (χ3v) is 3.93. The van der Waals surface area contributed by atoms with Crippen LogP contribution in [-0.2, 0) is 6.42 Å².